The van der Waals surface area contributed by atoms with Gasteiger partial charge in [-0.2, -0.15) is 0 Å². The first-order chi connectivity index (χ1) is 9.38. The van der Waals surface area contributed by atoms with Crippen LogP contribution in [0.15, 0.2) is 24.3 Å². The van der Waals surface area contributed by atoms with E-state index in [1.165, 1.54) is 0 Å². The number of hydrogen-bond acceptors (Lipinski definition) is 3. The highest BCUT2D eigenvalue weighted by Gasteiger charge is 2.16. The van der Waals surface area contributed by atoms with E-state index in [1.54, 1.807) is 19.9 Å². The third-order valence-corrected chi connectivity index (χ3v) is 2.82. The molecule has 5 nitrogen and oxygen atoms in total. The minimum absolute atomic E-state index is 0.0351. The molecule has 5 heteroatoms. The van der Waals surface area contributed by atoms with Crippen LogP contribution < -0.4 is 10.1 Å². The molecule has 110 valence electrons. The van der Waals surface area contributed by atoms with Crippen LogP contribution in [-0.4, -0.2) is 29.6 Å². The van der Waals surface area contributed by atoms with Crippen LogP contribution in [0.25, 0.3) is 0 Å². The first-order valence-electron chi connectivity index (χ1n) is 6.61. The van der Waals surface area contributed by atoms with E-state index in [0.717, 1.165) is 5.56 Å². The summed E-state index contributed by atoms with van der Waals surface area (Å²) in [5.41, 5.74) is 1.06. The summed E-state index contributed by atoms with van der Waals surface area (Å²) in [6, 6.07) is 7.47. The van der Waals surface area contributed by atoms with Crippen molar-refractivity contribution in [1.29, 1.82) is 0 Å². The standard InChI is InChI=1S/C15H21NO4/c1-10-5-4-6-13(7-10)20-12(3)15(19)16-9-11(2)8-14(17)18/h4-7,11-12H,8-9H2,1-3H3,(H,16,19)(H,17,18). The van der Waals surface area contributed by atoms with Gasteiger partial charge in [0.2, 0.25) is 0 Å². The molecule has 0 saturated heterocycles. The van der Waals surface area contributed by atoms with E-state index in [4.69, 9.17) is 9.84 Å². The van der Waals surface area contributed by atoms with Gasteiger partial charge in [0.25, 0.3) is 5.91 Å². The molecule has 0 aliphatic heterocycles. The summed E-state index contributed by atoms with van der Waals surface area (Å²) in [6.45, 7) is 5.72. The van der Waals surface area contributed by atoms with Crippen LogP contribution in [0.4, 0.5) is 0 Å². The normalized spacial score (nSPS) is 13.3. The van der Waals surface area contributed by atoms with Crippen molar-refractivity contribution in [3.8, 4) is 5.75 Å². The van der Waals surface area contributed by atoms with Gasteiger partial charge in [0.05, 0.1) is 0 Å². The Bertz CT molecular complexity index is 473. The van der Waals surface area contributed by atoms with Crippen molar-refractivity contribution < 1.29 is 19.4 Å². The van der Waals surface area contributed by atoms with E-state index in [0.29, 0.717) is 12.3 Å². The average molecular weight is 279 g/mol. The van der Waals surface area contributed by atoms with Gasteiger partial charge in [-0.05, 0) is 37.5 Å². The zero-order chi connectivity index (χ0) is 15.1. The molecule has 20 heavy (non-hydrogen) atoms. The number of aryl methyl sites for hydroxylation is 1. The number of amides is 1. The Kier molecular flexibility index (Phi) is 6.03. The number of nitrogens with one attached hydrogen (secondary N) is 1. The number of benzene rings is 1. The van der Waals surface area contributed by atoms with Gasteiger partial charge in [-0.1, -0.05) is 19.1 Å². The molecular weight excluding hydrogens is 258 g/mol. The molecule has 2 N–H and O–H groups in total. The van der Waals surface area contributed by atoms with Gasteiger partial charge in [-0.15, -0.1) is 0 Å². The van der Waals surface area contributed by atoms with Crippen LogP contribution >= 0.6 is 0 Å². The van der Waals surface area contributed by atoms with Crippen molar-refractivity contribution in [1.82, 2.24) is 5.32 Å². The Labute approximate surface area is 118 Å². The summed E-state index contributed by atoms with van der Waals surface area (Å²) < 4.78 is 5.54. The highest BCUT2D eigenvalue weighted by atomic mass is 16.5. The van der Waals surface area contributed by atoms with Gasteiger partial charge in [0, 0.05) is 13.0 Å². The van der Waals surface area contributed by atoms with Crippen LogP contribution in [0.5, 0.6) is 5.75 Å². The highest BCUT2D eigenvalue weighted by molar-refractivity contribution is 5.80. The van der Waals surface area contributed by atoms with E-state index in [1.807, 2.05) is 25.1 Å². The molecule has 1 amide bonds. The molecule has 0 aliphatic carbocycles. The summed E-state index contributed by atoms with van der Waals surface area (Å²) >= 11 is 0. The topological polar surface area (TPSA) is 75.6 Å². The van der Waals surface area contributed by atoms with Gasteiger partial charge in [0.1, 0.15) is 5.75 Å². The van der Waals surface area contributed by atoms with Gasteiger partial charge in [0.15, 0.2) is 6.10 Å². The lowest BCUT2D eigenvalue weighted by Crippen LogP contribution is -2.38. The number of ether oxygens (including phenoxy) is 1. The Hall–Kier alpha value is -2.04. The number of rotatable bonds is 7. The van der Waals surface area contributed by atoms with Crippen LogP contribution in [0, 0.1) is 12.8 Å². The smallest absolute Gasteiger partial charge is 0.303 e. The number of carbonyl (C=O) groups is 2. The molecule has 0 saturated carbocycles. The summed E-state index contributed by atoms with van der Waals surface area (Å²) in [7, 11) is 0. The first-order valence-corrected chi connectivity index (χ1v) is 6.61. The Balaban J connectivity index is 2.41. The minimum atomic E-state index is -0.865. The maximum absolute atomic E-state index is 11.8. The third kappa shape index (κ3) is 5.73. The maximum Gasteiger partial charge on any atom is 0.303 e. The molecule has 0 bridgehead atoms. The summed E-state index contributed by atoms with van der Waals surface area (Å²) in [5.74, 6) is -0.576. The van der Waals surface area contributed by atoms with E-state index in [-0.39, 0.29) is 18.2 Å². The summed E-state index contributed by atoms with van der Waals surface area (Å²) in [5, 5.41) is 11.3. The van der Waals surface area contributed by atoms with Crippen molar-refractivity contribution >= 4 is 11.9 Å². The molecule has 0 heterocycles. The molecule has 2 atom stereocenters. The molecule has 0 radical (unpaired) electrons. The number of hydrogen-bond donors (Lipinski definition) is 2. The van der Waals surface area contributed by atoms with Gasteiger partial charge >= 0.3 is 5.97 Å². The lowest BCUT2D eigenvalue weighted by Gasteiger charge is -2.16. The fourth-order valence-electron chi connectivity index (χ4n) is 1.74. The second-order valence-corrected chi connectivity index (χ2v) is 5.02. The Morgan fingerprint density at radius 2 is 2.05 bits per heavy atom. The van der Waals surface area contributed by atoms with Crippen LogP contribution in [0.3, 0.4) is 0 Å². The molecular formula is C15H21NO4. The fraction of sp³-hybridized carbons (Fsp3) is 0.467. The summed E-state index contributed by atoms with van der Waals surface area (Å²) in [6.07, 6.45) is -0.582. The second-order valence-electron chi connectivity index (χ2n) is 5.02. The zero-order valence-corrected chi connectivity index (χ0v) is 12.1. The van der Waals surface area contributed by atoms with Crippen LogP contribution in [0.1, 0.15) is 25.8 Å². The van der Waals surface area contributed by atoms with Gasteiger partial charge in [-0.3, -0.25) is 9.59 Å². The van der Waals surface area contributed by atoms with E-state index < -0.39 is 12.1 Å². The maximum atomic E-state index is 11.8. The van der Waals surface area contributed by atoms with Crippen molar-refractivity contribution in [3.63, 3.8) is 0 Å². The minimum Gasteiger partial charge on any atom is -0.481 e. The monoisotopic (exact) mass is 279 g/mol. The number of aliphatic carboxylic acids is 1. The number of carboxylic acids is 1. The molecule has 1 rings (SSSR count). The van der Waals surface area contributed by atoms with Gasteiger partial charge < -0.3 is 15.2 Å². The van der Waals surface area contributed by atoms with Crippen molar-refractivity contribution in [3.05, 3.63) is 29.8 Å². The molecule has 0 aliphatic rings. The zero-order valence-electron chi connectivity index (χ0n) is 12.1. The Morgan fingerprint density at radius 3 is 2.65 bits per heavy atom. The largest absolute Gasteiger partial charge is 0.481 e. The number of carboxylic acid groups (broad SMARTS) is 1. The highest BCUT2D eigenvalue weighted by Crippen LogP contribution is 2.14. The lowest BCUT2D eigenvalue weighted by molar-refractivity contribution is -0.138. The molecule has 1 aromatic rings. The van der Waals surface area contributed by atoms with E-state index in [2.05, 4.69) is 5.32 Å². The Morgan fingerprint density at radius 1 is 1.35 bits per heavy atom. The van der Waals surface area contributed by atoms with E-state index >= 15 is 0 Å². The predicted octanol–water partition coefficient (Wildman–Crippen LogP) is 1.99. The molecule has 2 unspecified atom stereocenters. The van der Waals surface area contributed by atoms with Crippen LogP contribution in [0.2, 0.25) is 0 Å². The molecule has 0 fully saturated rings. The molecule has 0 spiro atoms. The van der Waals surface area contributed by atoms with Crippen molar-refractivity contribution in [2.45, 2.75) is 33.3 Å². The fourth-order valence-corrected chi connectivity index (χ4v) is 1.74. The molecule has 0 aromatic heterocycles. The van der Waals surface area contributed by atoms with Crippen LogP contribution in [-0.2, 0) is 9.59 Å². The van der Waals surface area contributed by atoms with E-state index in [9.17, 15) is 9.59 Å². The van der Waals surface area contributed by atoms with Crippen molar-refractivity contribution in [2.75, 3.05) is 6.54 Å². The SMILES string of the molecule is Cc1cccc(OC(C)C(=O)NCC(C)CC(=O)O)c1. The van der Waals surface area contributed by atoms with Gasteiger partial charge in [-0.25, -0.2) is 0 Å². The average Bonchev–Trinajstić information content (AvgIpc) is 2.35. The third-order valence-electron chi connectivity index (χ3n) is 2.82. The quantitative estimate of drug-likeness (QED) is 0.800. The number of carbonyl (C=O) groups excluding carboxylic acids is 1. The summed E-state index contributed by atoms with van der Waals surface area (Å²) in [4.78, 5) is 22.4. The first kappa shape index (κ1) is 16.0. The predicted molar refractivity (Wildman–Crippen MR) is 75.7 cm³/mol. The lowest BCUT2D eigenvalue weighted by atomic mass is 10.1. The second kappa shape index (κ2) is 7.53. The van der Waals surface area contributed by atoms with Crippen molar-refractivity contribution in [2.24, 2.45) is 5.92 Å². The molecule has 1 aromatic carbocycles.